The van der Waals surface area contributed by atoms with E-state index >= 15 is 0 Å². The average molecular weight is 284 g/mol. The monoisotopic (exact) mass is 284 g/mol. The van der Waals surface area contributed by atoms with Crippen molar-refractivity contribution in [3.63, 3.8) is 0 Å². The molecule has 2 rings (SSSR count). The van der Waals surface area contributed by atoms with Crippen LogP contribution < -0.4 is 4.74 Å². The summed E-state index contributed by atoms with van der Waals surface area (Å²) in [5, 5.41) is 10.7. The summed E-state index contributed by atoms with van der Waals surface area (Å²) in [4.78, 5) is 22.0. The zero-order valence-electron chi connectivity index (χ0n) is 11.5. The van der Waals surface area contributed by atoms with Crippen LogP contribution in [0.5, 0.6) is 5.75 Å². The fourth-order valence-electron chi connectivity index (χ4n) is 1.99. The minimum absolute atomic E-state index is 0.0123. The number of aromatic carboxylic acids is 1. The number of fused-ring (bicyclic) bond motifs is 1. The van der Waals surface area contributed by atoms with Crippen LogP contribution in [-0.2, 0) is 4.79 Å². The number of hydrogen-bond acceptors (Lipinski definition) is 3. The SMILES string of the molecule is C=CC(=O)CCCOc1ccc2cc(C(=O)O)ccc2c1. The third-order valence-corrected chi connectivity index (χ3v) is 3.12. The van der Waals surface area contributed by atoms with Crippen molar-refractivity contribution >= 4 is 22.5 Å². The minimum atomic E-state index is -0.941. The molecule has 0 aliphatic carbocycles. The van der Waals surface area contributed by atoms with E-state index in [1.165, 1.54) is 6.08 Å². The minimum Gasteiger partial charge on any atom is -0.494 e. The van der Waals surface area contributed by atoms with Gasteiger partial charge in [-0.1, -0.05) is 18.7 Å². The highest BCUT2D eigenvalue weighted by atomic mass is 16.5. The van der Waals surface area contributed by atoms with Crippen LogP contribution in [0.3, 0.4) is 0 Å². The third-order valence-electron chi connectivity index (χ3n) is 3.12. The Hall–Kier alpha value is -2.62. The lowest BCUT2D eigenvalue weighted by atomic mass is 10.1. The Morgan fingerprint density at radius 1 is 1.14 bits per heavy atom. The molecule has 0 bridgehead atoms. The first-order chi connectivity index (χ1) is 10.1. The van der Waals surface area contributed by atoms with E-state index in [1.54, 1.807) is 24.3 Å². The van der Waals surface area contributed by atoms with E-state index < -0.39 is 5.97 Å². The van der Waals surface area contributed by atoms with Gasteiger partial charge in [-0.3, -0.25) is 4.79 Å². The second-order valence-electron chi connectivity index (χ2n) is 4.65. The maximum Gasteiger partial charge on any atom is 0.335 e. The zero-order valence-corrected chi connectivity index (χ0v) is 11.5. The molecule has 0 saturated heterocycles. The predicted octanol–water partition coefficient (Wildman–Crippen LogP) is 3.45. The van der Waals surface area contributed by atoms with E-state index in [0.29, 0.717) is 25.2 Å². The first kappa shape index (κ1) is 14.8. The van der Waals surface area contributed by atoms with Gasteiger partial charge < -0.3 is 9.84 Å². The van der Waals surface area contributed by atoms with E-state index in [4.69, 9.17) is 9.84 Å². The molecule has 2 aromatic carbocycles. The summed E-state index contributed by atoms with van der Waals surface area (Å²) in [5.41, 5.74) is 0.263. The third kappa shape index (κ3) is 3.92. The first-order valence-corrected chi connectivity index (χ1v) is 6.65. The number of ether oxygens (including phenoxy) is 1. The van der Waals surface area contributed by atoms with Gasteiger partial charge in [0.15, 0.2) is 5.78 Å². The topological polar surface area (TPSA) is 63.6 Å². The van der Waals surface area contributed by atoms with Crippen LogP contribution in [0.2, 0.25) is 0 Å². The lowest BCUT2D eigenvalue weighted by Crippen LogP contribution is -2.01. The first-order valence-electron chi connectivity index (χ1n) is 6.65. The second kappa shape index (κ2) is 6.70. The maximum absolute atomic E-state index is 11.1. The molecule has 0 aliphatic heterocycles. The fraction of sp³-hybridized carbons (Fsp3) is 0.176. The molecule has 108 valence electrons. The van der Waals surface area contributed by atoms with Crippen molar-refractivity contribution in [3.05, 3.63) is 54.6 Å². The van der Waals surface area contributed by atoms with Crippen LogP contribution in [0.15, 0.2) is 49.1 Å². The summed E-state index contributed by atoms with van der Waals surface area (Å²) >= 11 is 0. The Morgan fingerprint density at radius 2 is 1.86 bits per heavy atom. The number of benzene rings is 2. The smallest absolute Gasteiger partial charge is 0.335 e. The van der Waals surface area contributed by atoms with E-state index in [9.17, 15) is 9.59 Å². The molecule has 0 heterocycles. The van der Waals surface area contributed by atoms with Gasteiger partial charge in [0.25, 0.3) is 0 Å². The van der Waals surface area contributed by atoms with Gasteiger partial charge >= 0.3 is 5.97 Å². The van der Waals surface area contributed by atoms with Crippen molar-refractivity contribution in [2.24, 2.45) is 0 Å². The molecule has 0 aromatic heterocycles. The van der Waals surface area contributed by atoms with Crippen LogP contribution in [0.1, 0.15) is 23.2 Å². The van der Waals surface area contributed by atoms with Crippen LogP contribution in [0, 0.1) is 0 Å². The highest BCUT2D eigenvalue weighted by Crippen LogP contribution is 2.22. The van der Waals surface area contributed by atoms with Gasteiger partial charge in [-0.25, -0.2) is 4.79 Å². The van der Waals surface area contributed by atoms with E-state index in [0.717, 1.165) is 10.8 Å². The van der Waals surface area contributed by atoms with E-state index in [2.05, 4.69) is 6.58 Å². The van der Waals surface area contributed by atoms with Crippen molar-refractivity contribution < 1.29 is 19.4 Å². The highest BCUT2D eigenvalue weighted by molar-refractivity contribution is 5.94. The number of carbonyl (C=O) groups is 2. The molecule has 1 N–H and O–H groups in total. The predicted molar refractivity (Wildman–Crippen MR) is 80.8 cm³/mol. The number of carboxylic acids is 1. The van der Waals surface area contributed by atoms with Gasteiger partial charge in [-0.15, -0.1) is 0 Å². The van der Waals surface area contributed by atoms with Gasteiger partial charge in [0.2, 0.25) is 0 Å². The Balaban J connectivity index is 2.02. The summed E-state index contributed by atoms with van der Waals surface area (Å²) in [6, 6.07) is 10.4. The summed E-state index contributed by atoms with van der Waals surface area (Å²) < 4.78 is 5.58. The Labute approximate surface area is 122 Å². The number of carboxylic acid groups (broad SMARTS) is 1. The molecule has 0 spiro atoms. The molecule has 0 radical (unpaired) electrons. The fourth-order valence-corrected chi connectivity index (χ4v) is 1.99. The highest BCUT2D eigenvalue weighted by Gasteiger charge is 2.04. The van der Waals surface area contributed by atoms with E-state index in [1.807, 2.05) is 12.1 Å². The molecule has 2 aromatic rings. The van der Waals surface area contributed by atoms with Crippen molar-refractivity contribution in [1.29, 1.82) is 0 Å². The van der Waals surface area contributed by atoms with Crippen molar-refractivity contribution in [2.45, 2.75) is 12.8 Å². The van der Waals surface area contributed by atoms with Crippen molar-refractivity contribution in [3.8, 4) is 5.75 Å². The zero-order chi connectivity index (χ0) is 15.2. The molecular formula is C17H16O4. The Morgan fingerprint density at radius 3 is 2.57 bits per heavy atom. The lowest BCUT2D eigenvalue weighted by Gasteiger charge is -2.07. The van der Waals surface area contributed by atoms with Crippen molar-refractivity contribution in [1.82, 2.24) is 0 Å². The molecule has 4 heteroatoms. The van der Waals surface area contributed by atoms with Gasteiger partial charge in [-0.05, 0) is 47.5 Å². The standard InChI is InChI=1S/C17H16O4/c1-2-15(18)4-3-9-21-16-8-7-12-10-14(17(19)20)6-5-13(12)11-16/h2,5-8,10-11H,1,3-4,9H2,(H,19,20). The molecule has 4 nitrogen and oxygen atoms in total. The molecule has 21 heavy (non-hydrogen) atoms. The largest absolute Gasteiger partial charge is 0.494 e. The Kier molecular flexibility index (Phi) is 4.72. The van der Waals surface area contributed by atoms with Crippen molar-refractivity contribution in [2.75, 3.05) is 6.61 Å². The van der Waals surface area contributed by atoms with Crippen LogP contribution in [0.4, 0.5) is 0 Å². The van der Waals surface area contributed by atoms with Gasteiger partial charge in [0, 0.05) is 6.42 Å². The maximum atomic E-state index is 11.1. The number of hydrogen-bond donors (Lipinski definition) is 1. The summed E-state index contributed by atoms with van der Waals surface area (Å²) in [7, 11) is 0. The summed E-state index contributed by atoms with van der Waals surface area (Å²) in [6.45, 7) is 3.88. The van der Waals surface area contributed by atoms with Crippen LogP contribution in [-0.4, -0.2) is 23.5 Å². The normalized spacial score (nSPS) is 10.3. The number of rotatable bonds is 7. The van der Waals surface area contributed by atoms with E-state index in [-0.39, 0.29) is 11.3 Å². The average Bonchev–Trinajstić information content (AvgIpc) is 2.50. The number of carbonyl (C=O) groups excluding carboxylic acids is 1. The molecular weight excluding hydrogens is 268 g/mol. The molecule has 0 aliphatic rings. The Bertz CT molecular complexity index is 688. The van der Waals surface area contributed by atoms with Gasteiger partial charge in [-0.2, -0.15) is 0 Å². The lowest BCUT2D eigenvalue weighted by molar-refractivity contribution is -0.114. The van der Waals surface area contributed by atoms with Crippen LogP contribution in [0.25, 0.3) is 10.8 Å². The molecule has 0 atom stereocenters. The molecule has 0 unspecified atom stereocenters. The molecule has 0 saturated carbocycles. The quantitative estimate of drug-likeness (QED) is 0.624. The number of allylic oxidation sites excluding steroid dienone is 1. The summed E-state index contributed by atoms with van der Waals surface area (Å²) in [5.74, 6) is -0.223. The molecule has 0 amide bonds. The van der Waals surface area contributed by atoms with Crippen LogP contribution >= 0.6 is 0 Å². The second-order valence-corrected chi connectivity index (χ2v) is 4.65. The van der Waals surface area contributed by atoms with Gasteiger partial charge in [0.1, 0.15) is 5.75 Å². The van der Waals surface area contributed by atoms with Gasteiger partial charge in [0.05, 0.1) is 12.2 Å². The number of ketones is 1. The molecule has 0 fully saturated rings. The summed E-state index contributed by atoms with van der Waals surface area (Å²) in [6.07, 6.45) is 2.38.